The molecule has 0 bridgehead atoms. The van der Waals surface area contributed by atoms with Gasteiger partial charge in [0.1, 0.15) is 11.6 Å². The number of benzene rings is 1. The fourth-order valence-electron chi connectivity index (χ4n) is 2.24. The molecule has 0 heterocycles. The number of hydrogen-bond donors (Lipinski definition) is 1. The van der Waals surface area contributed by atoms with Gasteiger partial charge in [-0.15, -0.1) is 0 Å². The summed E-state index contributed by atoms with van der Waals surface area (Å²) in [5.41, 5.74) is 6.05. The molecule has 0 aromatic heterocycles. The summed E-state index contributed by atoms with van der Waals surface area (Å²) in [6.07, 6.45) is 3.06. The van der Waals surface area contributed by atoms with Crippen molar-refractivity contribution in [1.82, 2.24) is 0 Å². The van der Waals surface area contributed by atoms with Gasteiger partial charge < -0.3 is 5.73 Å². The molecule has 0 aliphatic heterocycles. The topological polar surface area (TPSA) is 43.1 Å². The normalized spacial score (nSPS) is 17.6. The largest absolute Gasteiger partial charge is 0.329 e. The predicted octanol–water partition coefficient (Wildman–Crippen LogP) is 2.83. The first-order valence-corrected chi connectivity index (χ1v) is 6.54. The molecule has 0 radical (unpaired) electrons. The van der Waals surface area contributed by atoms with Crippen LogP contribution in [0.4, 0.5) is 4.39 Å². The highest BCUT2D eigenvalue weighted by Crippen LogP contribution is 2.41. The monoisotopic (exact) mass is 299 g/mol. The molecule has 1 aliphatic carbocycles. The van der Waals surface area contributed by atoms with E-state index < -0.39 is 0 Å². The maximum absolute atomic E-state index is 13.1. The van der Waals surface area contributed by atoms with Crippen LogP contribution < -0.4 is 5.73 Å². The van der Waals surface area contributed by atoms with Gasteiger partial charge in [0, 0.05) is 22.9 Å². The summed E-state index contributed by atoms with van der Waals surface area (Å²) >= 11 is 3.34. The van der Waals surface area contributed by atoms with Crippen LogP contribution in [0.3, 0.4) is 0 Å². The second-order valence-corrected chi connectivity index (χ2v) is 5.53. The molecule has 2 N–H and O–H groups in total. The number of nitrogens with two attached hydrogens (primary N) is 1. The molecular formula is C13H15BrFNO. The molecule has 2 rings (SSSR count). The summed E-state index contributed by atoms with van der Waals surface area (Å²) < 4.78 is 13.9. The molecule has 0 atom stereocenters. The Bertz CT molecular complexity index is 438. The fraction of sp³-hybridized carbons (Fsp3) is 0.462. The van der Waals surface area contributed by atoms with Crippen LogP contribution in [0, 0.1) is 11.2 Å². The van der Waals surface area contributed by atoms with Gasteiger partial charge in [-0.05, 0) is 36.6 Å². The van der Waals surface area contributed by atoms with E-state index in [1.165, 1.54) is 12.1 Å². The zero-order chi connectivity index (χ0) is 12.5. The van der Waals surface area contributed by atoms with E-state index in [2.05, 4.69) is 15.9 Å². The van der Waals surface area contributed by atoms with Gasteiger partial charge in [-0.1, -0.05) is 22.4 Å². The third-order valence-corrected chi connectivity index (χ3v) is 4.43. The molecule has 1 aromatic carbocycles. The van der Waals surface area contributed by atoms with E-state index in [1.807, 2.05) is 0 Å². The van der Waals surface area contributed by atoms with Crippen LogP contribution in [0.1, 0.15) is 24.8 Å². The van der Waals surface area contributed by atoms with Crippen molar-refractivity contribution in [1.29, 1.82) is 0 Å². The van der Waals surface area contributed by atoms with Gasteiger partial charge in [-0.2, -0.15) is 0 Å². The lowest BCUT2D eigenvalue weighted by Gasteiger charge is -2.39. The van der Waals surface area contributed by atoms with Crippen molar-refractivity contribution in [3.05, 3.63) is 34.1 Å². The van der Waals surface area contributed by atoms with Gasteiger partial charge in [0.05, 0.1) is 0 Å². The minimum Gasteiger partial charge on any atom is -0.329 e. The Morgan fingerprint density at radius 3 is 2.71 bits per heavy atom. The Balaban J connectivity index is 2.15. The summed E-state index contributed by atoms with van der Waals surface area (Å²) in [5, 5.41) is 0. The van der Waals surface area contributed by atoms with Crippen LogP contribution >= 0.6 is 15.9 Å². The van der Waals surface area contributed by atoms with Crippen LogP contribution in [0.5, 0.6) is 0 Å². The lowest BCUT2D eigenvalue weighted by molar-refractivity contribution is -0.132. The van der Waals surface area contributed by atoms with Gasteiger partial charge in [-0.25, -0.2) is 4.39 Å². The van der Waals surface area contributed by atoms with E-state index in [-0.39, 0.29) is 23.4 Å². The molecule has 4 heteroatoms. The maximum Gasteiger partial charge on any atom is 0.144 e. The summed E-state index contributed by atoms with van der Waals surface area (Å²) in [6.45, 7) is 0.402. The van der Waals surface area contributed by atoms with E-state index in [0.717, 1.165) is 23.7 Å². The highest BCUT2D eigenvalue weighted by atomic mass is 79.9. The summed E-state index contributed by atoms with van der Waals surface area (Å²) in [4.78, 5) is 12.2. The highest BCUT2D eigenvalue weighted by Gasteiger charge is 2.42. The first-order valence-electron chi connectivity index (χ1n) is 5.75. The van der Waals surface area contributed by atoms with Crippen molar-refractivity contribution < 1.29 is 9.18 Å². The molecule has 17 heavy (non-hydrogen) atoms. The summed E-state index contributed by atoms with van der Waals surface area (Å²) in [6, 6.07) is 4.42. The Labute approximate surface area is 109 Å². The third-order valence-electron chi connectivity index (χ3n) is 3.65. The van der Waals surface area contributed by atoms with Gasteiger partial charge in [0.15, 0.2) is 0 Å². The Kier molecular flexibility index (Phi) is 3.64. The van der Waals surface area contributed by atoms with E-state index in [1.54, 1.807) is 6.07 Å². The average Bonchev–Trinajstić information content (AvgIpc) is 2.23. The minimum atomic E-state index is -0.342. The molecular weight excluding hydrogens is 285 g/mol. The lowest BCUT2D eigenvalue weighted by atomic mass is 9.65. The minimum absolute atomic E-state index is 0.137. The van der Waals surface area contributed by atoms with Gasteiger partial charge in [0.25, 0.3) is 0 Å². The molecule has 1 fully saturated rings. The highest BCUT2D eigenvalue weighted by molar-refractivity contribution is 9.10. The fourth-order valence-corrected chi connectivity index (χ4v) is 2.63. The van der Waals surface area contributed by atoms with Crippen LogP contribution in [-0.2, 0) is 11.2 Å². The predicted molar refractivity (Wildman–Crippen MR) is 68.1 cm³/mol. The molecule has 1 aliphatic rings. The van der Waals surface area contributed by atoms with Crippen LogP contribution in [0.25, 0.3) is 0 Å². The summed E-state index contributed by atoms with van der Waals surface area (Å²) in [7, 11) is 0. The van der Waals surface area contributed by atoms with Crippen molar-refractivity contribution >= 4 is 21.7 Å². The maximum atomic E-state index is 13.1. The van der Waals surface area contributed by atoms with E-state index in [4.69, 9.17) is 5.73 Å². The zero-order valence-electron chi connectivity index (χ0n) is 9.51. The molecule has 92 valence electrons. The van der Waals surface area contributed by atoms with E-state index >= 15 is 0 Å². The second kappa shape index (κ2) is 4.86. The van der Waals surface area contributed by atoms with Crippen LogP contribution in [0.2, 0.25) is 0 Å². The molecule has 0 unspecified atom stereocenters. The SMILES string of the molecule is NCC1(C(=O)Cc2cc(F)ccc2Br)CCC1. The number of rotatable bonds is 4. The van der Waals surface area contributed by atoms with Crippen molar-refractivity contribution in [3.63, 3.8) is 0 Å². The molecule has 0 amide bonds. The first kappa shape index (κ1) is 12.7. The standard InChI is InChI=1S/C13H15BrFNO/c14-11-3-2-10(15)6-9(11)7-12(17)13(8-16)4-1-5-13/h2-3,6H,1,4-5,7-8,16H2. The lowest BCUT2D eigenvalue weighted by Crippen LogP contribution is -2.45. The molecule has 1 saturated carbocycles. The Morgan fingerprint density at radius 2 is 2.18 bits per heavy atom. The second-order valence-electron chi connectivity index (χ2n) is 4.67. The number of ketones is 1. The third kappa shape index (κ3) is 2.43. The quantitative estimate of drug-likeness (QED) is 0.929. The van der Waals surface area contributed by atoms with Crippen molar-refractivity contribution in [3.8, 4) is 0 Å². The van der Waals surface area contributed by atoms with E-state index in [0.29, 0.717) is 12.1 Å². The van der Waals surface area contributed by atoms with Crippen molar-refractivity contribution in [2.75, 3.05) is 6.54 Å². The molecule has 2 nitrogen and oxygen atoms in total. The number of Topliss-reactive ketones (excluding diaryl/α,β-unsaturated/α-hetero) is 1. The Morgan fingerprint density at radius 1 is 1.47 bits per heavy atom. The molecule has 1 aromatic rings. The summed E-state index contributed by atoms with van der Waals surface area (Å²) in [5.74, 6) is -0.177. The van der Waals surface area contributed by atoms with Crippen LogP contribution in [-0.4, -0.2) is 12.3 Å². The molecule has 0 saturated heterocycles. The van der Waals surface area contributed by atoms with Crippen molar-refractivity contribution in [2.24, 2.45) is 11.1 Å². The number of hydrogen-bond acceptors (Lipinski definition) is 2. The van der Waals surface area contributed by atoms with Crippen LogP contribution in [0.15, 0.2) is 22.7 Å². The Hall–Kier alpha value is -0.740. The van der Waals surface area contributed by atoms with Crippen molar-refractivity contribution in [2.45, 2.75) is 25.7 Å². The number of carbonyl (C=O) groups excluding carboxylic acids is 1. The molecule has 0 spiro atoms. The average molecular weight is 300 g/mol. The first-order chi connectivity index (χ1) is 8.07. The number of halogens is 2. The van der Waals surface area contributed by atoms with E-state index in [9.17, 15) is 9.18 Å². The number of carbonyl (C=O) groups is 1. The van der Waals surface area contributed by atoms with Gasteiger partial charge >= 0.3 is 0 Å². The zero-order valence-corrected chi connectivity index (χ0v) is 11.1. The smallest absolute Gasteiger partial charge is 0.144 e. The van der Waals surface area contributed by atoms with Gasteiger partial charge in [0.2, 0.25) is 0 Å². The van der Waals surface area contributed by atoms with Gasteiger partial charge in [-0.3, -0.25) is 4.79 Å².